The van der Waals surface area contributed by atoms with Gasteiger partial charge in [0.25, 0.3) is 0 Å². The summed E-state index contributed by atoms with van der Waals surface area (Å²) in [5, 5.41) is 2.70. The summed E-state index contributed by atoms with van der Waals surface area (Å²) < 4.78 is 26.3. The number of nitrogens with one attached hydrogen (secondary N) is 2. The predicted octanol–water partition coefficient (Wildman–Crippen LogP) is 2.91. The van der Waals surface area contributed by atoms with E-state index in [4.69, 9.17) is 0 Å². The molecule has 15 heavy (non-hydrogen) atoms. The number of benzene rings is 1. The molecule has 4 heteroatoms. The van der Waals surface area contributed by atoms with Gasteiger partial charge in [0.15, 0.2) is 0 Å². The monoisotopic (exact) mass is 208 g/mol. The minimum absolute atomic E-state index is 0.0906. The largest absolute Gasteiger partial charge is 0.375 e. The Labute approximate surface area is 85.9 Å². The fourth-order valence-corrected chi connectivity index (χ4v) is 1.33. The SMILES string of the molecule is Fc1cccc(F)c1NCc1ccc[nH]1. The molecule has 1 aromatic heterocycles. The molecule has 2 nitrogen and oxygen atoms in total. The number of anilines is 1. The molecule has 0 fully saturated rings. The van der Waals surface area contributed by atoms with Crippen LogP contribution in [0.4, 0.5) is 14.5 Å². The number of aromatic nitrogens is 1. The summed E-state index contributed by atoms with van der Waals surface area (Å²) in [5.41, 5.74) is 0.782. The van der Waals surface area contributed by atoms with Crippen molar-refractivity contribution in [1.29, 1.82) is 0 Å². The Morgan fingerprint density at radius 2 is 1.80 bits per heavy atom. The molecule has 2 rings (SSSR count). The van der Waals surface area contributed by atoms with Gasteiger partial charge in [-0.15, -0.1) is 0 Å². The molecule has 2 aromatic rings. The first-order valence-electron chi connectivity index (χ1n) is 4.57. The standard InChI is InChI=1S/C11H10F2N2/c12-9-4-1-5-10(13)11(9)15-7-8-3-2-6-14-8/h1-6,14-15H,7H2. The van der Waals surface area contributed by atoms with Crippen molar-refractivity contribution in [2.45, 2.75) is 6.54 Å². The third-order valence-corrected chi connectivity index (χ3v) is 2.08. The van der Waals surface area contributed by atoms with Crippen LogP contribution >= 0.6 is 0 Å². The molecule has 0 spiro atoms. The molecule has 0 saturated carbocycles. The van der Waals surface area contributed by atoms with E-state index in [0.717, 1.165) is 5.69 Å². The molecule has 0 aliphatic rings. The van der Waals surface area contributed by atoms with Gasteiger partial charge >= 0.3 is 0 Å². The van der Waals surface area contributed by atoms with Gasteiger partial charge in [0, 0.05) is 11.9 Å². The summed E-state index contributed by atoms with van der Waals surface area (Å²) in [4.78, 5) is 2.94. The highest BCUT2D eigenvalue weighted by Gasteiger charge is 2.07. The third kappa shape index (κ3) is 2.15. The van der Waals surface area contributed by atoms with Crippen LogP contribution in [-0.2, 0) is 6.54 Å². The normalized spacial score (nSPS) is 10.3. The Kier molecular flexibility index (Phi) is 2.67. The van der Waals surface area contributed by atoms with Gasteiger partial charge in [-0.2, -0.15) is 0 Å². The molecule has 0 saturated heterocycles. The van der Waals surface area contributed by atoms with Crippen molar-refractivity contribution in [3.8, 4) is 0 Å². The zero-order valence-electron chi connectivity index (χ0n) is 7.93. The lowest BCUT2D eigenvalue weighted by Gasteiger charge is -2.07. The molecular weight excluding hydrogens is 198 g/mol. The maximum atomic E-state index is 13.2. The van der Waals surface area contributed by atoms with Crippen LogP contribution in [0.2, 0.25) is 0 Å². The van der Waals surface area contributed by atoms with E-state index < -0.39 is 11.6 Å². The van der Waals surface area contributed by atoms with E-state index in [0.29, 0.717) is 6.54 Å². The van der Waals surface area contributed by atoms with Gasteiger partial charge in [-0.25, -0.2) is 8.78 Å². The zero-order valence-corrected chi connectivity index (χ0v) is 7.93. The topological polar surface area (TPSA) is 27.8 Å². The van der Waals surface area contributed by atoms with E-state index in [9.17, 15) is 8.78 Å². The van der Waals surface area contributed by atoms with Gasteiger partial charge in [0.05, 0.1) is 6.54 Å². The Morgan fingerprint density at radius 3 is 2.40 bits per heavy atom. The average molecular weight is 208 g/mol. The minimum Gasteiger partial charge on any atom is -0.375 e. The number of halogens is 2. The van der Waals surface area contributed by atoms with Gasteiger partial charge in [0.2, 0.25) is 0 Å². The van der Waals surface area contributed by atoms with Crippen LogP contribution < -0.4 is 5.32 Å². The van der Waals surface area contributed by atoms with Crippen LogP contribution in [-0.4, -0.2) is 4.98 Å². The lowest BCUT2D eigenvalue weighted by Crippen LogP contribution is -2.03. The van der Waals surface area contributed by atoms with Crippen LogP contribution in [0.25, 0.3) is 0 Å². The molecule has 0 radical (unpaired) electrons. The maximum Gasteiger partial charge on any atom is 0.149 e. The summed E-state index contributed by atoms with van der Waals surface area (Å²) in [6, 6.07) is 7.45. The third-order valence-electron chi connectivity index (χ3n) is 2.08. The molecule has 78 valence electrons. The van der Waals surface area contributed by atoms with Crippen molar-refractivity contribution < 1.29 is 8.78 Å². The van der Waals surface area contributed by atoms with Gasteiger partial charge in [-0.05, 0) is 24.3 Å². The molecule has 0 aliphatic carbocycles. The lowest BCUT2D eigenvalue weighted by molar-refractivity contribution is 0.588. The summed E-state index contributed by atoms with van der Waals surface area (Å²) in [6.07, 6.45) is 1.76. The van der Waals surface area contributed by atoms with E-state index in [1.165, 1.54) is 18.2 Å². The number of para-hydroxylation sites is 1. The van der Waals surface area contributed by atoms with Crippen LogP contribution in [0.1, 0.15) is 5.69 Å². The summed E-state index contributed by atoms with van der Waals surface area (Å²) >= 11 is 0. The fourth-order valence-electron chi connectivity index (χ4n) is 1.33. The Balaban J connectivity index is 2.11. The van der Waals surface area contributed by atoms with Crippen LogP contribution in [0.15, 0.2) is 36.5 Å². The van der Waals surface area contributed by atoms with Crippen LogP contribution in [0.5, 0.6) is 0 Å². The molecule has 1 aromatic carbocycles. The fraction of sp³-hybridized carbons (Fsp3) is 0.0909. The highest BCUT2D eigenvalue weighted by atomic mass is 19.1. The quantitative estimate of drug-likeness (QED) is 0.797. The minimum atomic E-state index is -0.582. The maximum absolute atomic E-state index is 13.2. The second-order valence-corrected chi connectivity index (χ2v) is 3.15. The number of rotatable bonds is 3. The molecule has 2 N–H and O–H groups in total. The van der Waals surface area contributed by atoms with Crippen LogP contribution in [0, 0.1) is 11.6 Å². The highest BCUT2D eigenvalue weighted by Crippen LogP contribution is 2.18. The number of H-pyrrole nitrogens is 1. The number of hydrogen-bond donors (Lipinski definition) is 2. The lowest BCUT2D eigenvalue weighted by atomic mass is 10.3. The average Bonchev–Trinajstić information content (AvgIpc) is 2.70. The van der Waals surface area contributed by atoms with E-state index in [-0.39, 0.29) is 5.69 Å². The van der Waals surface area contributed by atoms with Gasteiger partial charge in [0.1, 0.15) is 17.3 Å². The summed E-state index contributed by atoms with van der Waals surface area (Å²) in [7, 11) is 0. The van der Waals surface area contributed by atoms with Crippen molar-refractivity contribution in [2.24, 2.45) is 0 Å². The summed E-state index contributed by atoms with van der Waals surface area (Å²) in [6.45, 7) is 0.366. The summed E-state index contributed by atoms with van der Waals surface area (Å²) in [5.74, 6) is -1.16. The molecule has 1 heterocycles. The van der Waals surface area contributed by atoms with E-state index in [2.05, 4.69) is 10.3 Å². The van der Waals surface area contributed by atoms with Crippen molar-refractivity contribution in [1.82, 2.24) is 4.98 Å². The molecule has 0 atom stereocenters. The first-order chi connectivity index (χ1) is 7.27. The first kappa shape index (κ1) is 9.71. The van der Waals surface area contributed by atoms with Gasteiger partial charge < -0.3 is 10.3 Å². The van der Waals surface area contributed by atoms with Crippen molar-refractivity contribution in [3.05, 3.63) is 53.9 Å². The molecular formula is C11H10F2N2. The molecule has 0 unspecified atom stereocenters. The van der Waals surface area contributed by atoms with E-state index in [1.54, 1.807) is 6.20 Å². The second-order valence-electron chi connectivity index (χ2n) is 3.15. The van der Waals surface area contributed by atoms with E-state index in [1.807, 2.05) is 12.1 Å². The smallest absolute Gasteiger partial charge is 0.149 e. The highest BCUT2D eigenvalue weighted by molar-refractivity contribution is 5.46. The van der Waals surface area contributed by atoms with Crippen molar-refractivity contribution in [2.75, 3.05) is 5.32 Å². The molecule has 0 bridgehead atoms. The van der Waals surface area contributed by atoms with Crippen molar-refractivity contribution in [3.63, 3.8) is 0 Å². The predicted molar refractivity (Wildman–Crippen MR) is 54.5 cm³/mol. The van der Waals surface area contributed by atoms with Gasteiger partial charge in [-0.1, -0.05) is 6.07 Å². The molecule has 0 amide bonds. The van der Waals surface area contributed by atoms with Crippen LogP contribution in [0.3, 0.4) is 0 Å². The van der Waals surface area contributed by atoms with Crippen molar-refractivity contribution >= 4 is 5.69 Å². The zero-order chi connectivity index (χ0) is 10.7. The Hall–Kier alpha value is -1.84. The first-order valence-corrected chi connectivity index (χ1v) is 4.57. The Morgan fingerprint density at radius 1 is 1.07 bits per heavy atom. The second kappa shape index (κ2) is 4.13. The van der Waals surface area contributed by atoms with E-state index >= 15 is 0 Å². The van der Waals surface area contributed by atoms with Gasteiger partial charge in [-0.3, -0.25) is 0 Å². The number of hydrogen-bond acceptors (Lipinski definition) is 1. The molecule has 0 aliphatic heterocycles. The Bertz CT molecular complexity index is 418. The number of aromatic amines is 1.